The Kier molecular flexibility index (Phi) is 5.22. The van der Waals surface area contributed by atoms with E-state index in [1.54, 1.807) is 35.3 Å². The molecule has 2 rings (SSSR count). The summed E-state index contributed by atoms with van der Waals surface area (Å²) in [5.74, 6) is 0. The topological polar surface area (TPSA) is 66.4 Å². The van der Waals surface area contributed by atoms with E-state index in [0.717, 1.165) is 16.2 Å². The molecule has 0 spiro atoms. The van der Waals surface area contributed by atoms with Gasteiger partial charge in [0.05, 0.1) is 6.10 Å². The standard InChI is InChI=1S/C13H15NO3S3/c1-18-11-6-4-10(5-7-11)12(15)9-14-20(16,17)13-3-2-8-19-13/h2-8,12,14-15H,9H2,1H3/t12-/m1/s1. The SMILES string of the molecule is CSc1ccc([C@H](O)CNS(=O)(=O)c2cccs2)cc1. The zero-order valence-electron chi connectivity index (χ0n) is 10.8. The van der Waals surface area contributed by atoms with Crippen molar-refractivity contribution in [3.05, 3.63) is 47.3 Å². The molecule has 1 heterocycles. The summed E-state index contributed by atoms with van der Waals surface area (Å²) in [5.41, 5.74) is 0.691. The molecule has 0 bridgehead atoms. The highest BCUT2D eigenvalue weighted by molar-refractivity contribution is 7.98. The molecule has 0 aliphatic carbocycles. The van der Waals surface area contributed by atoms with Crippen LogP contribution in [0.3, 0.4) is 0 Å². The van der Waals surface area contributed by atoms with Gasteiger partial charge in [0.2, 0.25) is 10.0 Å². The van der Waals surface area contributed by atoms with Gasteiger partial charge in [0.15, 0.2) is 0 Å². The van der Waals surface area contributed by atoms with Gasteiger partial charge in [0, 0.05) is 11.4 Å². The Labute approximate surface area is 126 Å². The second-order valence-electron chi connectivity index (χ2n) is 4.07. The van der Waals surface area contributed by atoms with Crippen molar-refractivity contribution in [1.29, 1.82) is 0 Å². The molecular weight excluding hydrogens is 314 g/mol. The smallest absolute Gasteiger partial charge is 0.250 e. The van der Waals surface area contributed by atoms with E-state index in [4.69, 9.17) is 0 Å². The van der Waals surface area contributed by atoms with Crippen molar-refractivity contribution >= 4 is 33.1 Å². The first-order chi connectivity index (χ1) is 9.53. The van der Waals surface area contributed by atoms with Crippen LogP contribution in [-0.4, -0.2) is 26.3 Å². The molecule has 0 saturated carbocycles. The molecule has 4 nitrogen and oxygen atoms in total. The molecule has 1 atom stereocenters. The minimum Gasteiger partial charge on any atom is -0.387 e. The Bertz CT molecular complexity index is 636. The van der Waals surface area contributed by atoms with E-state index in [2.05, 4.69) is 4.72 Å². The fraction of sp³-hybridized carbons (Fsp3) is 0.231. The van der Waals surface area contributed by atoms with Crippen LogP contribution in [0.15, 0.2) is 50.9 Å². The summed E-state index contributed by atoms with van der Waals surface area (Å²) in [7, 11) is -3.53. The summed E-state index contributed by atoms with van der Waals surface area (Å²) in [4.78, 5) is 1.10. The van der Waals surface area contributed by atoms with Gasteiger partial charge in [0.1, 0.15) is 4.21 Å². The van der Waals surface area contributed by atoms with E-state index < -0.39 is 16.1 Å². The lowest BCUT2D eigenvalue weighted by Crippen LogP contribution is -2.27. The van der Waals surface area contributed by atoms with Crippen molar-refractivity contribution in [2.75, 3.05) is 12.8 Å². The first kappa shape index (κ1) is 15.5. The number of rotatable bonds is 6. The molecule has 0 saturated heterocycles. The van der Waals surface area contributed by atoms with E-state index in [-0.39, 0.29) is 10.8 Å². The van der Waals surface area contributed by atoms with Crippen molar-refractivity contribution in [3.8, 4) is 0 Å². The number of thiophene rings is 1. The largest absolute Gasteiger partial charge is 0.387 e. The summed E-state index contributed by atoms with van der Waals surface area (Å²) >= 11 is 2.76. The first-order valence-electron chi connectivity index (χ1n) is 5.88. The second-order valence-corrected chi connectivity index (χ2v) is 7.89. The molecule has 2 N–H and O–H groups in total. The zero-order valence-corrected chi connectivity index (χ0v) is 13.3. The van der Waals surface area contributed by atoms with Crippen molar-refractivity contribution in [1.82, 2.24) is 4.72 Å². The summed E-state index contributed by atoms with van der Waals surface area (Å²) in [6.45, 7) is -0.0428. The Morgan fingerprint density at radius 1 is 1.30 bits per heavy atom. The third-order valence-corrected chi connectivity index (χ3v) is 6.29. The highest BCUT2D eigenvalue weighted by Crippen LogP contribution is 2.20. The van der Waals surface area contributed by atoms with Crippen molar-refractivity contribution in [3.63, 3.8) is 0 Å². The number of nitrogens with one attached hydrogen (secondary N) is 1. The maximum absolute atomic E-state index is 11.9. The number of thioether (sulfide) groups is 1. The van der Waals surface area contributed by atoms with Gasteiger partial charge in [-0.15, -0.1) is 23.1 Å². The predicted molar refractivity (Wildman–Crippen MR) is 82.7 cm³/mol. The van der Waals surface area contributed by atoms with Gasteiger partial charge in [-0.3, -0.25) is 0 Å². The molecule has 1 aromatic heterocycles. The Morgan fingerprint density at radius 2 is 2.00 bits per heavy atom. The van der Waals surface area contributed by atoms with E-state index in [1.807, 2.05) is 18.4 Å². The molecule has 20 heavy (non-hydrogen) atoms. The monoisotopic (exact) mass is 329 g/mol. The van der Waals surface area contributed by atoms with Crippen molar-refractivity contribution in [2.45, 2.75) is 15.2 Å². The molecule has 2 aromatic rings. The average molecular weight is 329 g/mol. The van der Waals surface area contributed by atoms with E-state index in [0.29, 0.717) is 5.56 Å². The highest BCUT2D eigenvalue weighted by atomic mass is 32.2. The minimum atomic E-state index is -3.53. The van der Waals surface area contributed by atoms with Crippen molar-refractivity contribution in [2.24, 2.45) is 0 Å². The highest BCUT2D eigenvalue weighted by Gasteiger charge is 2.17. The molecule has 0 fully saturated rings. The van der Waals surface area contributed by atoms with Crippen LogP contribution in [0.1, 0.15) is 11.7 Å². The van der Waals surface area contributed by atoms with E-state index in [1.165, 1.54) is 6.07 Å². The van der Waals surface area contributed by atoms with E-state index >= 15 is 0 Å². The third kappa shape index (κ3) is 3.83. The van der Waals surface area contributed by atoms with Crippen LogP contribution in [0, 0.1) is 0 Å². The third-order valence-electron chi connectivity index (χ3n) is 2.73. The number of hydrogen-bond acceptors (Lipinski definition) is 5. The van der Waals surface area contributed by atoms with Crippen LogP contribution in [0.5, 0.6) is 0 Å². The number of aliphatic hydroxyl groups is 1. The van der Waals surface area contributed by atoms with Gasteiger partial charge < -0.3 is 5.11 Å². The number of sulfonamides is 1. The number of hydrogen-bond donors (Lipinski definition) is 2. The first-order valence-corrected chi connectivity index (χ1v) is 9.47. The van der Waals surface area contributed by atoms with Gasteiger partial charge in [-0.1, -0.05) is 18.2 Å². The van der Waals surface area contributed by atoms with Crippen LogP contribution >= 0.6 is 23.1 Å². The molecule has 1 aromatic carbocycles. The maximum Gasteiger partial charge on any atom is 0.250 e. The van der Waals surface area contributed by atoms with E-state index in [9.17, 15) is 13.5 Å². The van der Waals surface area contributed by atoms with Crippen LogP contribution in [0.25, 0.3) is 0 Å². The Morgan fingerprint density at radius 3 is 2.55 bits per heavy atom. The van der Waals surface area contributed by atoms with Crippen LogP contribution in [0.2, 0.25) is 0 Å². The molecule has 0 aliphatic heterocycles. The molecule has 0 aliphatic rings. The quantitative estimate of drug-likeness (QED) is 0.799. The maximum atomic E-state index is 11.9. The number of benzene rings is 1. The van der Waals surface area contributed by atoms with Crippen LogP contribution in [-0.2, 0) is 10.0 Å². The second kappa shape index (κ2) is 6.73. The van der Waals surface area contributed by atoms with Gasteiger partial charge >= 0.3 is 0 Å². The van der Waals surface area contributed by atoms with Crippen LogP contribution < -0.4 is 4.72 Å². The summed E-state index contributed by atoms with van der Waals surface area (Å²) in [5, 5.41) is 11.7. The molecule has 0 unspecified atom stereocenters. The fourth-order valence-corrected chi connectivity index (χ4v) is 4.10. The minimum absolute atomic E-state index is 0.0428. The molecule has 108 valence electrons. The molecule has 0 radical (unpaired) electrons. The summed E-state index contributed by atoms with van der Waals surface area (Å²) in [6, 6.07) is 10.6. The lowest BCUT2D eigenvalue weighted by Gasteiger charge is -2.12. The van der Waals surface area contributed by atoms with Gasteiger partial charge in [-0.25, -0.2) is 13.1 Å². The normalized spacial score (nSPS) is 13.3. The lowest BCUT2D eigenvalue weighted by molar-refractivity contribution is 0.182. The van der Waals surface area contributed by atoms with Gasteiger partial charge in [-0.2, -0.15) is 0 Å². The fourth-order valence-electron chi connectivity index (χ4n) is 1.62. The average Bonchev–Trinajstić information content (AvgIpc) is 3.00. The molecule has 7 heteroatoms. The number of aliphatic hydroxyl groups excluding tert-OH is 1. The zero-order chi connectivity index (χ0) is 14.6. The summed E-state index contributed by atoms with van der Waals surface area (Å²) in [6.07, 6.45) is 1.11. The predicted octanol–water partition coefficient (Wildman–Crippen LogP) is 2.48. The van der Waals surface area contributed by atoms with Gasteiger partial charge in [-0.05, 0) is 35.4 Å². The molecular formula is C13H15NO3S3. The van der Waals surface area contributed by atoms with Crippen LogP contribution in [0.4, 0.5) is 0 Å². The summed E-state index contributed by atoms with van der Waals surface area (Å²) < 4.78 is 26.5. The Hall–Kier alpha value is -0.860. The van der Waals surface area contributed by atoms with Gasteiger partial charge in [0.25, 0.3) is 0 Å². The lowest BCUT2D eigenvalue weighted by atomic mass is 10.1. The molecule has 0 amide bonds. The Balaban J connectivity index is 1.99. The van der Waals surface area contributed by atoms with Crippen molar-refractivity contribution < 1.29 is 13.5 Å².